The number of hydrogen-bond donors (Lipinski definition) is 0. The van der Waals surface area contributed by atoms with Gasteiger partial charge >= 0.3 is 0 Å². The van der Waals surface area contributed by atoms with Crippen molar-refractivity contribution in [1.29, 1.82) is 0 Å². The Balaban J connectivity index is 2.76. The summed E-state index contributed by atoms with van der Waals surface area (Å²) >= 11 is 3.44. The molecule has 0 fully saturated rings. The summed E-state index contributed by atoms with van der Waals surface area (Å²) < 4.78 is 11.6. The standard InChI is InChI=1S/C12H11BrO2/c1-14-11-6-3-8-7-9(13)4-5-10(8)12(11)15-2/h3-7H,1-2H3. The Hall–Kier alpha value is -1.22. The van der Waals surface area contributed by atoms with Gasteiger partial charge in [0.05, 0.1) is 14.2 Å². The second-order valence-corrected chi connectivity index (χ2v) is 4.08. The van der Waals surface area contributed by atoms with Crippen molar-refractivity contribution in [1.82, 2.24) is 0 Å². The third-order valence-electron chi connectivity index (χ3n) is 2.32. The summed E-state index contributed by atoms with van der Waals surface area (Å²) in [6.45, 7) is 0. The third-order valence-corrected chi connectivity index (χ3v) is 2.81. The smallest absolute Gasteiger partial charge is 0.168 e. The van der Waals surface area contributed by atoms with E-state index in [1.165, 1.54) is 0 Å². The van der Waals surface area contributed by atoms with Crippen LogP contribution in [0, 0.1) is 0 Å². The van der Waals surface area contributed by atoms with Gasteiger partial charge in [0, 0.05) is 9.86 Å². The molecule has 0 saturated heterocycles. The zero-order valence-electron chi connectivity index (χ0n) is 8.58. The van der Waals surface area contributed by atoms with Crippen molar-refractivity contribution < 1.29 is 9.47 Å². The fraction of sp³-hybridized carbons (Fsp3) is 0.167. The summed E-state index contributed by atoms with van der Waals surface area (Å²) in [7, 11) is 3.29. The number of fused-ring (bicyclic) bond motifs is 1. The predicted molar refractivity (Wildman–Crippen MR) is 64.8 cm³/mol. The highest BCUT2D eigenvalue weighted by atomic mass is 79.9. The molecule has 0 bridgehead atoms. The average Bonchev–Trinajstić information content (AvgIpc) is 2.27. The molecular formula is C12H11BrO2. The Morgan fingerprint density at radius 1 is 1.00 bits per heavy atom. The van der Waals surface area contributed by atoms with E-state index in [0.29, 0.717) is 0 Å². The summed E-state index contributed by atoms with van der Waals surface area (Å²) in [5.74, 6) is 1.54. The monoisotopic (exact) mass is 266 g/mol. The highest BCUT2D eigenvalue weighted by Gasteiger charge is 2.08. The normalized spacial score (nSPS) is 10.3. The van der Waals surface area contributed by atoms with Gasteiger partial charge < -0.3 is 9.47 Å². The van der Waals surface area contributed by atoms with Gasteiger partial charge in [0.15, 0.2) is 11.5 Å². The van der Waals surface area contributed by atoms with Gasteiger partial charge in [-0.25, -0.2) is 0 Å². The first-order valence-electron chi connectivity index (χ1n) is 4.56. The molecule has 0 spiro atoms. The number of ether oxygens (including phenoxy) is 2. The number of benzene rings is 2. The van der Waals surface area contributed by atoms with E-state index >= 15 is 0 Å². The number of hydrogen-bond acceptors (Lipinski definition) is 2. The van der Waals surface area contributed by atoms with Crippen molar-refractivity contribution in [3.8, 4) is 11.5 Å². The third kappa shape index (κ3) is 1.79. The lowest BCUT2D eigenvalue weighted by Crippen LogP contribution is -1.91. The van der Waals surface area contributed by atoms with Crippen LogP contribution < -0.4 is 9.47 Å². The molecule has 0 aliphatic heterocycles. The van der Waals surface area contributed by atoms with Crippen LogP contribution in [0.4, 0.5) is 0 Å². The van der Waals surface area contributed by atoms with Crippen molar-refractivity contribution >= 4 is 26.7 Å². The maximum atomic E-state index is 5.35. The van der Waals surface area contributed by atoms with Crippen molar-refractivity contribution in [2.24, 2.45) is 0 Å². The Labute approximate surface area is 96.9 Å². The first kappa shape index (κ1) is 10.3. The van der Waals surface area contributed by atoms with Gasteiger partial charge in [-0.3, -0.25) is 0 Å². The quantitative estimate of drug-likeness (QED) is 0.827. The van der Waals surface area contributed by atoms with Crippen LogP contribution in [0.3, 0.4) is 0 Å². The molecule has 2 nitrogen and oxygen atoms in total. The van der Waals surface area contributed by atoms with E-state index in [0.717, 1.165) is 26.7 Å². The molecule has 2 rings (SSSR count). The summed E-state index contributed by atoms with van der Waals surface area (Å²) in [4.78, 5) is 0. The van der Waals surface area contributed by atoms with Gasteiger partial charge in [-0.2, -0.15) is 0 Å². The SMILES string of the molecule is COc1ccc2cc(Br)ccc2c1OC. The number of rotatable bonds is 2. The van der Waals surface area contributed by atoms with Gasteiger partial charge in [0.1, 0.15) is 0 Å². The molecule has 0 N–H and O–H groups in total. The van der Waals surface area contributed by atoms with Gasteiger partial charge in [0.2, 0.25) is 0 Å². The molecule has 3 heteroatoms. The molecule has 0 saturated carbocycles. The Morgan fingerprint density at radius 2 is 1.80 bits per heavy atom. The lowest BCUT2D eigenvalue weighted by atomic mass is 10.1. The molecule has 0 aliphatic carbocycles. The first-order valence-corrected chi connectivity index (χ1v) is 5.36. The van der Waals surface area contributed by atoms with Crippen molar-refractivity contribution in [3.63, 3.8) is 0 Å². The molecule has 2 aromatic carbocycles. The Morgan fingerprint density at radius 3 is 2.47 bits per heavy atom. The summed E-state index contributed by atoms with van der Waals surface area (Å²) in [5.41, 5.74) is 0. The Kier molecular flexibility index (Phi) is 2.82. The molecule has 0 atom stereocenters. The van der Waals surface area contributed by atoms with Gasteiger partial charge in [-0.05, 0) is 29.7 Å². The van der Waals surface area contributed by atoms with E-state index in [1.54, 1.807) is 14.2 Å². The molecule has 0 radical (unpaired) electrons. The van der Waals surface area contributed by atoms with Crippen molar-refractivity contribution in [2.45, 2.75) is 0 Å². The average molecular weight is 267 g/mol. The van der Waals surface area contributed by atoms with Crippen LogP contribution in [0.2, 0.25) is 0 Å². The van der Waals surface area contributed by atoms with Gasteiger partial charge in [-0.1, -0.05) is 22.0 Å². The summed E-state index contributed by atoms with van der Waals surface area (Å²) in [6.07, 6.45) is 0. The minimum atomic E-state index is 0.757. The molecule has 0 heterocycles. The van der Waals surface area contributed by atoms with Crippen LogP contribution in [0.5, 0.6) is 11.5 Å². The topological polar surface area (TPSA) is 18.5 Å². The summed E-state index contributed by atoms with van der Waals surface area (Å²) in [6, 6.07) is 9.98. The molecule has 0 aliphatic rings. The van der Waals surface area contributed by atoms with Crippen molar-refractivity contribution in [2.75, 3.05) is 14.2 Å². The fourth-order valence-corrected chi connectivity index (χ4v) is 2.00. The molecule has 0 aromatic heterocycles. The van der Waals surface area contributed by atoms with Crippen LogP contribution in [0.1, 0.15) is 0 Å². The second kappa shape index (κ2) is 4.11. The predicted octanol–water partition coefficient (Wildman–Crippen LogP) is 3.62. The van der Waals surface area contributed by atoms with E-state index in [-0.39, 0.29) is 0 Å². The summed E-state index contributed by atoms with van der Waals surface area (Å²) in [5, 5.41) is 2.18. The maximum Gasteiger partial charge on any atom is 0.168 e. The van der Waals surface area contributed by atoms with Gasteiger partial charge in [-0.15, -0.1) is 0 Å². The van der Waals surface area contributed by atoms with E-state index in [9.17, 15) is 0 Å². The fourth-order valence-electron chi connectivity index (χ4n) is 1.62. The lowest BCUT2D eigenvalue weighted by Gasteiger charge is -2.10. The molecular weight excluding hydrogens is 256 g/mol. The van der Waals surface area contributed by atoms with Crippen LogP contribution in [-0.4, -0.2) is 14.2 Å². The highest BCUT2D eigenvalue weighted by Crippen LogP contribution is 2.36. The van der Waals surface area contributed by atoms with Crippen molar-refractivity contribution in [3.05, 3.63) is 34.8 Å². The van der Waals surface area contributed by atoms with E-state index in [4.69, 9.17) is 9.47 Å². The maximum absolute atomic E-state index is 5.35. The molecule has 15 heavy (non-hydrogen) atoms. The van der Waals surface area contributed by atoms with Crippen LogP contribution >= 0.6 is 15.9 Å². The zero-order valence-corrected chi connectivity index (χ0v) is 10.2. The second-order valence-electron chi connectivity index (χ2n) is 3.17. The van der Waals surface area contributed by atoms with E-state index < -0.39 is 0 Å². The first-order chi connectivity index (χ1) is 7.26. The lowest BCUT2D eigenvalue weighted by molar-refractivity contribution is 0.358. The minimum Gasteiger partial charge on any atom is -0.493 e. The number of halogens is 1. The zero-order chi connectivity index (χ0) is 10.8. The van der Waals surface area contributed by atoms with Crippen LogP contribution in [0.25, 0.3) is 10.8 Å². The Bertz CT molecular complexity index is 494. The minimum absolute atomic E-state index is 0.757. The largest absolute Gasteiger partial charge is 0.493 e. The number of methoxy groups -OCH3 is 2. The van der Waals surface area contributed by atoms with Crippen LogP contribution in [0.15, 0.2) is 34.8 Å². The molecule has 0 amide bonds. The van der Waals surface area contributed by atoms with E-state index in [2.05, 4.69) is 22.0 Å². The highest BCUT2D eigenvalue weighted by molar-refractivity contribution is 9.10. The molecule has 78 valence electrons. The van der Waals surface area contributed by atoms with Gasteiger partial charge in [0.25, 0.3) is 0 Å². The molecule has 0 unspecified atom stereocenters. The molecule has 2 aromatic rings. The van der Waals surface area contributed by atoms with Crippen LogP contribution in [-0.2, 0) is 0 Å². The van der Waals surface area contributed by atoms with E-state index in [1.807, 2.05) is 24.3 Å².